The van der Waals surface area contributed by atoms with E-state index in [2.05, 4.69) is 5.32 Å². The van der Waals surface area contributed by atoms with E-state index in [1.54, 1.807) is 12.0 Å². The Morgan fingerprint density at radius 1 is 1.03 bits per heavy atom. The molecular formula is C26H25ClN2O4. The summed E-state index contributed by atoms with van der Waals surface area (Å²) in [5, 5.41) is 3.59. The number of halogens is 1. The van der Waals surface area contributed by atoms with Crippen molar-refractivity contribution in [3.63, 3.8) is 0 Å². The van der Waals surface area contributed by atoms with Gasteiger partial charge in [0.15, 0.2) is 0 Å². The fraction of sp³-hybridized carbons (Fsp3) is 0.231. The van der Waals surface area contributed by atoms with Crippen LogP contribution in [0.3, 0.4) is 0 Å². The smallest absolute Gasteiger partial charge is 0.227 e. The average Bonchev–Trinajstić information content (AvgIpc) is 3.24. The molecule has 4 rings (SSSR count). The van der Waals surface area contributed by atoms with Gasteiger partial charge in [-0.15, -0.1) is 0 Å². The second kappa shape index (κ2) is 10.4. The lowest BCUT2D eigenvalue weighted by Crippen LogP contribution is -2.32. The SMILES string of the molecule is COc1ccc(CNC(=O)[C@@H]2CC(=O)N(c3ccc(OCc4ccccc4Cl)cc3)C2)cc1. The van der Waals surface area contributed by atoms with E-state index in [4.69, 9.17) is 21.1 Å². The Balaban J connectivity index is 1.30. The average molecular weight is 465 g/mol. The first-order chi connectivity index (χ1) is 16.0. The first-order valence-corrected chi connectivity index (χ1v) is 11.1. The Labute approximate surface area is 198 Å². The molecule has 0 bridgehead atoms. The van der Waals surface area contributed by atoms with Gasteiger partial charge in [0.2, 0.25) is 11.8 Å². The van der Waals surface area contributed by atoms with Gasteiger partial charge < -0.3 is 19.7 Å². The summed E-state index contributed by atoms with van der Waals surface area (Å²) in [4.78, 5) is 26.8. The van der Waals surface area contributed by atoms with E-state index in [1.165, 1.54) is 0 Å². The van der Waals surface area contributed by atoms with Gasteiger partial charge in [0.25, 0.3) is 0 Å². The molecule has 3 aromatic carbocycles. The summed E-state index contributed by atoms with van der Waals surface area (Å²) in [5.74, 6) is 0.874. The Kier molecular flexibility index (Phi) is 7.15. The quantitative estimate of drug-likeness (QED) is 0.529. The number of nitrogens with one attached hydrogen (secondary N) is 1. The molecule has 1 fully saturated rings. The molecule has 1 atom stereocenters. The van der Waals surface area contributed by atoms with Crippen LogP contribution in [0.5, 0.6) is 11.5 Å². The number of hydrogen-bond acceptors (Lipinski definition) is 4. The Morgan fingerprint density at radius 2 is 1.73 bits per heavy atom. The third-order valence-corrected chi connectivity index (χ3v) is 5.99. The second-order valence-electron chi connectivity index (χ2n) is 7.85. The van der Waals surface area contributed by atoms with Gasteiger partial charge in [0.05, 0.1) is 13.0 Å². The van der Waals surface area contributed by atoms with Crippen LogP contribution in [0.4, 0.5) is 5.69 Å². The van der Waals surface area contributed by atoms with Crippen molar-refractivity contribution in [1.29, 1.82) is 0 Å². The van der Waals surface area contributed by atoms with Crippen molar-refractivity contribution in [2.45, 2.75) is 19.6 Å². The monoisotopic (exact) mass is 464 g/mol. The number of rotatable bonds is 8. The summed E-state index contributed by atoms with van der Waals surface area (Å²) in [6.45, 7) is 1.12. The van der Waals surface area contributed by atoms with Gasteiger partial charge in [-0.05, 0) is 48.0 Å². The number of ether oxygens (including phenoxy) is 2. The van der Waals surface area contributed by atoms with Crippen LogP contribution in [-0.2, 0) is 22.7 Å². The predicted molar refractivity (Wildman–Crippen MR) is 128 cm³/mol. The first-order valence-electron chi connectivity index (χ1n) is 10.7. The maximum Gasteiger partial charge on any atom is 0.227 e. The number of carbonyl (C=O) groups excluding carboxylic acids is 2. The molecule has 7 heteroatoms. The fourth-order valence-corrected chi connectivity index (χ4v) is 3.90. The number of carbonyl (C=O) groups is 2. The highest BCUT2D eigenvalue weighted by molar-refractivity contribution is 6.31. The number of benzene rings is 3. The molecule has 1 aliphatic rings. The Morgan fingerprint density at radius 3 is 2.42 bits per heavy atom. The normalized spacial score (nSPS) is 15.4. The highest BCUT2D eigenvalue weighted by atomic mass is 35.5. The number of nitrogens with zero attached hydrogens (tertiary/aromatic N) is 1. The van der Waals surface area contributed by atoms with E-state index in [1.807, 2.05) is 72.8 Å². The van der Waals surface area contributed by atoms with E-state index < -0.39 is 0 Å². The van der Waals surface area contributed by atoms with Crippen LogP contribution >= 0.6 is 11.6 Å². The minimum absolute atomic E-state index is 0.0654. The maximum absolute atomic E-state index is 12.6. The Bertz CT molecular complexity index is 1120. The van der Waals surface area contributed by atoms with Crippen LogP contribution in [0, 0.1) is 5.92 Å². The molecule has 0 saturated carbocycles. The summed E-state index contributed by atoms with van der Waals surface area (Å²) < 4.78 is 10.9. The molecule has 1 aliphatic heterocycles. The molecule has 0 unspecified atom stereocenters. The van der Waals surface area contributed by atoms with Crippen molar-refractivity contribution in [3.05, 3.63) is 88.9 Å². The molecule has 2 amide bonds. The topological polar surface area (TPSA) is 67.9 Å². The van der Waals surface area contributed by atoms with E-state index in [-0.39, 0.29) is 24.2 Å². The molecule has 1 heterocycles. The van der Waals surface area contributed by atoms with Crippen molar-refractivity contribution in [1.82, 2.24) is 5.32 Å². The van der Waals surface area contributed by atoms with Crippen LogP contribution < -0.4 is 19.7 Å². The standard InChI is InChI=1S/C26H25ClN2O4/c1-32-22-10-6-18(7-11-22)15-28-26(31)20-14-25(30)29(16-20)21-8-12-23(13-9-21)33-17-19-4-2-3-5-24(19)27/h2-13,20H,14-17H2,1H3,(H,28,31)/t20-/m1/s1. The molecule has 0 spiro atoms. The molecular weight excluding hydrogens is 440 g/mol. The van der Waals surface area contributed by atoms with Crippen molar-refractivity contribution in [2.75, 3.05) is 18.6 Å². The van der Waals surface area contributed by atoms with E-state index in [9.17, 15) is 9.59 Å². The van der Waals surface area contributed by atoms with Crippen LogP contribution in [0.15, 0.2) is 72.8 Å². The zero-order chi connectivity index (χ0) is 23.2. The van der Waals surface area contributed by atoms with Crippen LogP contribution in [0.1, 0.15) is 17.5 Å². The van der Waals surface area contributed by atoms with Crippen LogP contribution in [0.25, 0.3) is 0 Å². The zero-order valence-electron chi connectivity index (χ0n) is 18.3. The lowest BCUT2D eigenvalue weighted by atomic mass is 10.1. The van der Waals surface area contributed by atoms with Crippen LogP contribution in [-0.4, -0.2) is 25.5 Å². The molecule has 3 aromatic rings. The highest BCUT2D eigenvalue weighted by Crippen LogP contribution is 2.28. The lowest BCUT2D eigenvalue weighted by Gasteiger charge is -2.17. The minimum Gasteiger partial charge on any atom is -0.497 e. The summed E-state index contributed by atoms with van der Waals surface area (Å²) in [6.07, 6.45) is 0.194. The molecule has 0 aliphatic carbocycles. The largest absolute Gasteiger partial charge is 0.497 e. The molecule has 6 nitrogen and oxygen atoms in total. The van der Waals surface area contributed by atoms with Gasteiger partial charge in [0.1, 0.15) is 18.1 Å². The van der Waals surface area contributed by atoms with Gasteiger partial charge in [-0.25, -0.2) is 0 Å². The van der Waals surface area contributed by atoms with E-state index in [0.717, 1.165) is 22.6 Å². The molecule has 170 valence electrons. The van der Waals surface area contributed by atoms with Crippen molar-refractivity contribution in [3.8, 4) is 11.5 Å². The maximum atomic E-state index is 12.6. The first kappa shape index (κ1) is 22.7. The van der Waals surface area contributed by atoms with Crippen molar-refractivity contribution < 1.29 is 19.1 Å². The summed E-state index contributed by atoms with van der Waals surface area (Å²) in [7, 11) is 1.61. The number of hydrogen-bond donors (Lipinski definition) is 1. The fourth-order valence-electron chi connectivity index (χ4n) is 3.71. The van der Waals surface area contributed by atoms with E-state index in [0.29, 0.717) is 30.5 Å². The second-order valence-corrected chi connectivity index (χ2v) is 8.25. The molecule has 1 saturated heterocycles. The van der Waals surface area contributed by atoms with Gasteiger partial charge in [-0.2, -0.15) is 0 Å². The van der Waals surface area contributed by atoms with Crippen molar-refractivity contribution >= 4 is 29.1 Å². The molecule has 0 radical (unpaired) electrons. The summed E-state index contributed by atoms with van der Waals surface area (Å²) in [5.41, 5.74) is 2.62. The molecule has 1 N–H and O–H groups in total. The number of anilines is 1. The lowest BCUT2D eigenvalue weighted by molar-refractivity contribution is -0.126. The molecule has 33 heavy (non-hydrogen) atoms. The third-order valence-electron chi connectivity index (χ3n) is 5.62. The van der Waals surface area contributed by atoms with Crippen LogP contribution in [0.2, 0.25) is 5.02 Å². The predicted octanol–water partition coefficient (Wildman–Crippen LogP) is 4.60. The van der Waals surface area contributed by atoms with Gasteiger partial charge in [-0.3, -0.25) is 9.59 Å². The highest BCUT2D eigenvalue weighted by Gasteiger charge is 2.35. The van der Waals surface area contributed by atoms with Gasteiger partial charge >= 0.3 is 0 Å². The minimum atomic E-state index is -0.383. The Hall–Kier alpha value is -3.51. The number of amides is 2. The summed E-state index contributed by atoms with van der Waals surface area (Å²) in [6, 6.07) is 22.3. The van der Waals surface area contributed by atoms with E-state index >= 15 is 0 Å². The van der Waals surface area contributed by atoms with Gasteiger partial charge in [0, 0.05) is 35.8 Å². The summed E-state index contributed by atoms with van der Waals surface area (Å²) >= 11 is 6.16. The van der Waals surface area contributed by atoms with Gasteiger partial charge in [-0.1, -0.05) is 41.9 Å². The molecule has 0 aromatic heterocycles. The van der Waals surface area contributed by atoms with Crippen molar-refractivity contribution in [2.24, 2.45) is 5.92 Å². The number of methoxy groups -OCH3 is 1. The third kappa shape index (κ3) is 5.65. The zero-order valence-corrected chi connectivity index (χ0v) is 19.0.